The van der Waals surface area contributed by atoms with Crippen LogP contribution in [0.4, 0.5) is 11.8 Å². The van der Waals surface area contributed by atoms with Gasteiger partial charge in [0.05, 0.1) is 6.20 Å². The molecular weight excluding hydrogens is 265 g/mol. The zero-order chi connectivity index (χ0) is 15.4. The molecule has 0 saturated heterocycles. The fraction of sp³-hybridized carbons (Fsp3) is 0.214. The maximum atomic E-state index is 5.79. The molecule has 6 nitrogen and oxygen atoms in total. The molecule has 2 heterocycles. The first-order valence-corrected chi connectivity index (χ1v) is 6.28. The summed E-state index contributed by atoms with van der Waals surface area (Å²) < 4.78 is 5.79. The molecule has 2 aromatic heterocycles. The van der Waals surface area contributed by atoms with Crippen LogP contribution in [0, 0.1) is 11.7 Å². The molecule has 2 rings (SSSR count). The highest BCUT2D eigenvalue weighted by Gasteiger charge is 2.13. The lowest BCUT2D eigenvalue weighted by Gasteiger charge is -2.14. The summed E-state index contributed by atoms with van der Waals surface area (Å²) in [5.74, 6) is 6.36. The van der Waals surface area contributed by atoms with Crippen LogP contribution < -0.4 is 16.2 Å². The number of hydrogen-bond donors (Lipinski definition) is 2. The van der Waals surface area contributed by atoms with Gasteiger partial charge in [0.25, 0.3) is 0 Å². The number of nitrogen functional groups attached to an aromatic ring is 2. The third-order valence-corrected chi connectivity index (χ3v) is 2.74. The molecule has 7 heteroatoms. The van der Waals surface area contributed by atoms with E-state index in [4.69, 9.17) is 24.1 Å². The summed E-state index contributed by atoms with van der Waals surface area (Å²) in [6.07, 6.45) is 3.13. The first-order valence-electron chi connectivity index (χ1n) is 6.28. The van der Waals surface area contributed by atoms with Crippen LogP contribution in [0.3, 0.4) is 0 Å². The number of pyridine rings is 1. The van der Waals surface area contributed by atoms with Gasteiger partial charge in [-0.25, -0.2) is 9.97 Å². The van der Waals surface area contributed by atoms with Gasteiger partial charge in [0, 0.05) is 17.8 Å². The normalized spacial score (nSPS) is 10.0. The van der Waals surface area contributed by atoms with E-state index in [1.807, 2.05) is 13.8 Å². The van der Waals surface area contributed by atoms with Crippen molar-refractivity contribution in [2.45, 2.75) is 19.8 Å². The fourth-order valence-electron chi connectivity index (χ4n) is 1.71. The molecule has 0 aromatic carbocycles. The Kier molecular flexibility index (Phi) is 4.28. The van der Waals surface area contributed by atoms with Crippen molar-refractivity contribution in [3.8, 4) is 23.2 Å². The van der Waals surface area contributed by atoms with Crippen LogP contribution in [0.25, 0.3) is 0 Å². The molecule has 0 fully saturated rings. The van der Waals surface area contributed by atoms with Crippen LogP contribution in [-0.4, -0.2) is 22.8 Å². The Morgan fingerprint density at radius 3 is 2.57 bits per heavy atom. The van der Waals surface area contributed by atoms with Crippen molar-refractivity contribution < 1.29 is 4.74 Å². The molecule has 0 unspecified atom stereocenters. The van der Waals surface area contributed by atoms with E-state index < -0.39 is 0 Å². The Bertz CT molecular complexity index is 721. The predicted molar refractivity (Wildman–Crippen MR) is 81.9 cm³/mol. The zero-order valence-electron chi connectivity index (χ0n) is 11.8. The first-order chi connectivity index (χ1) is 10.0. The molecule has 0 spiro atoms. The molecule has 0 amide bonds. The molecule has 2 aromatic rings. The van der Waals surface area contributed by atoms with Gasteiger partial charge in [-0.15, -0.1) is 0 Å². The molecule has 0 atom stereocenters. The van der Waals surface area contributed by atoms with E-state index in [9.17, 15) is 0 Å². The van der Waals surface area contributed by atoms with E-state index in [0.29, 0.717) is 17.2 Å². The van der Waals surface area contributed by atoms with E-state index in [1.165, 1.54) is 6.20 Å². The summed E-state index contributed by atoms with van der Waals surface area (Å²) in [4.78, 5) is 11.9. The predicted octanol–water partition coefficient (Wildman–Crippen LogP) is 1.43. The molecule has 4 N–H and O–H groups in total. The molecule has 0 aliphatic rings. The summed E-state index contributed by atoms with van der Waals surface area (Å²) >= 11 is 0. The topological polar surface area (TPSA) is 99.9 Å². The summed E-state index contributed by atoms with van der Waals surface area (Å²) in [5, 5.41) is 0. The highest BCUT2D eigenvalue weighted by Crippen LogP contribution is 2.32. The lowest BCUT2D eigenvalue weighted by atomic mass is 10.0. The second-order valence-electron chi connectivity index (χ2n) is 4.61. The Morgan fingerprint density at radius 2 is 1.95 bits per heavy atom. The van der Waals surface area contributed by atoms with E-state index in [0.717, 1.165) is 5.56 Å². The third-order valence-electron chi connectivity index (χ3n) is 2.74. The van der Waals surface area contributed by atoms with Crippen molar-refractivity contribution in [3.63, 3.8) is 0 Å². The molecule has 104 valence electrons. The lowest BCUT2D eigenvalue weighted by molar-refractivity contribution is 0.470. The van der Waals surface area contributed by atoms with E-state index in [-0.39, 0.29) is 17.7 Å². The van der Waals surface area contributed by atoms with Crippen molar-refractivity contribution in [1.29, 1.82) is 0 Å². The smallest absolute Gasteiger partial charge is 0.222 e. The standard InChI is InChI=1S/C14H14BN5O/c1-8(2)10-6-18-9(3-4-15)5-11(10)21-12-7-19-14(17)20-13(12)16/h5-8H,1-2H3,(H4,16,17,19,20). The molecule has 0 saturated carbocycles. The maximum absolute atomic E-state index is 5.79. The molecule has 0 aliphatic heterocycles. The van der Waals surface area contributed by atoms with Gasteiger partial charge in [-0.3, -0.25) is 0 Å². The Morgan fingerprint density at radius 1 is 1.19 bits per heavy atom. The summed E-state index contributed by atoms with van der Waals surface area (Å²) in [6, 6.07) is 1.70. The summed E-state index contributed by atoms with van der Waals surface area (Å²) in [6.45, 7) is 4.06. The van der Waals surface area contributed by atoms with Crippen LogP contribution in [0.2, 0.25) is 0 Å². The average molecular weight is 279 g/mol. The number of hydrogen-bond acceptors (Lipinski definition) is 6. The van der Waals surface area contributed by atoms with Crippen molar-refractivity contribution in [2.24, 2.45) is 0 Å². The second kappa shape index (κ2) is 6.14. The molecule has 2 radical (unpaired) electrons. The van der Waals surface area contributed by atoms with Crippen LogP contribution >= 0.6 is 0 Å². The Labute approximate surface area is 124 Å². The molecule has 0 aliphatic carbocycles. The first kappa shape index (κ1) is 14.7. The fourth-order valence-corrected chi connectivity index (χ4v) is 1.71. The lowest BCUT2D eigenvalue weighted by Crippen LogP contribution is -2.03. The van der Waals surface area contributed by atoms with E-state index in [1.54, 1.807) is 12.3 Å². The highest BCUT2D eigenvalue weighted by atomic mass is 16.5. The van der Waals surface area contributed by atoms with E-state index >= 15 is 0 Å². The number of aromatic nitrogens is 3. The van der Waals surface area contributed by atoms with Gasteiger partial charge in [-0.1, -0.05) is 19.8 Å². The van der Waals surface area contributed by atoms with Gasteiger partial charge in [-0.2, -0.15) is 10.8 Å². The SMILES string of the molecule is [B]C#Cc1cc(Oc2cnc(N)nc2N)c(C(C)C)cn1. The Hall–Kier alpha value is -2.75. The minimum atomic E-state index is 0.0911. The molecule has 21 heavy (non-hydrogen) atoms. The largest absolute Gasteiger partial charge is 0.451 e. The van der Waals surface area contributed by atoms with Crippen molar-refractivity contribution in [2.75, 3.05) is 11.5 Å². The summed E-state index contributed by atoms with van der Waals surface area (Å²) in [7, 11) is 5.21. The van der Waals surface area contributed by atoms with Crippen LogP contribution in [-0.2, 0) is 0 Å². The molecular formula is C14H14BN5O. The number of ether oxygens (including phenoxy) is 1. The second-order valence-corrected chi connectivity index (χ2v) is 4.61. The van der Waals surface area contributed by atoms with Gasteiger partial charge in [-0.05, 0) is 5.92 Å². The van der Waals surface area contributed by atoms with Gasteiger partial charge in [0.15, 0.2) is 19.4 Å². The van der Waals surface area contributed by atoms with Gasteiger partial charge >= 0.3 is 0 Å². The number of nitrogens with two attached hydrogens (primary N) is 2. The minimum absolute atomic E-state index is 0.0911. The quantitative estimate of drug-likeness (QED) is 0.651. The van der Waals surface area contributed by atoms with Crippen molar-refractivity contribution in [1.82, 2.24) is 15.0 Å². The average Bonchev–Trinajstić information content (AvgIpc) is 2.42. The van der Waals surface area contributed by atoms with Crippen molar-refractivity contribution >= 4 is 19.6 Å². The van der Waals surface area contributed by atoms with Gasteiger partial charge in [0.2, 0.25) is 5.95 Å². The van der Waals surface area contributed by atoms with E-state index in [2.05, 4.69) is 26.7 Å². The van der Waals surface area contributed by atoms with Gasteiger partial charge < -0.3 is 16.2 Å². The van der Waals surface area contributed by atoms with Crippen LogP contribution in [0.5, 0.6) is 11.5 Å². The third kappa shape index (κ3) is 3.42. The number of anilines is 2. The maximum Gasteiger partial charge on any atom is 0.222 e. The molecule has 0 bridgehead atoms. The van der Waals surface area contributed by atoms with Gasteiger partial charge in [0.1, 0.15) is 11.4 Å². The minimum Gasteiger partial charge on any atom is -0.451 e. The van der Waals surface area contributed by atoms with Crippen molar-refractivity contribution in [3.05, 3.63) is 29.7 Å². The summed E-state index contributed by atoms with van der Waals surface area (Å²) in [5.41, 5.74) is 12.7. The zero-order valence-corrected chi connectivity index (χ0v) is 11.8. The number of nitrogens with zero attached hydrogens (tertiary/aromatic N) is 3. The Balaban J connectivity index is 2.44. The monoisotopic (exact) mass is 279 g/mol. The van der Waals surface area contributed by atoms with Crippen LogP contribution in [0.1, 0.15) is 31.0 Å². The van der Waals surface area contributed by atoms with Crippen LogP contribution in [0.15, 0.2) is 18.5 Å². The number of rotatable bonds is 3. The highest BCUT2D eigenvalue weighted by molar-refractivity contribution is 6.22.